The van der Waals surface area contributed by atoms with Crippen molar-refractivity contribution < 1.29 is 32.6 Å². The molecule has 0 aliphatic carbocycles. The number of carboxylic acid groups (broad SMARTS) is 1. The molecule has 0 radical (unpaired) electrons. The van der Waals surface area contributed by atoms with Gasteiger partial charge in [-0.25, -0.2) is 4.79 Å². The van der Waals surface area contributed by atoms with Gasteiger partial charge in [-0.2, -0.15) is 13.2 Å². The van der Waals surface area contributed by atoms with Crippen molar-refractivity contribution >= 4 is 12.1 Å². The second kappa shape index (κ2) is 5.92. The fraction of sp³-hybridized carbons (Fsp3) is 0.800. The second-order valence-corrected chi connectivity index (χ2v) is 4.67. The molecule has 0 heterocycles. The van der Waals surface area contributed by atoms with Crippen molar-refractivity contribution in [3.8, 4) is 0 Å². The molecule has 0 saturated carbocycles. The van der Waals surface area contributed by atoms with Crippen molar-refractivity contribution in [2.45, 2.75) is 51.4 Å². The summed E-state index contributed by atoms with van der Waals surface area (Å²) in [5.41, 5.74) is -0.924. The van der Waals surface area contributed by atoms with Crippen molar-refractivity contribution in [2.24, 2.45) is 0 Å². The number of hydrogen-bond acceptors (Lipinski definition) is 3. The Morgan fingerprint density at radius 3 is 2.11 bits per heavy atom. The average molecular weight is 271 g/mol. The minimum absolute atomic E-state index is 0.694. The molecule has 0 aromatic rings. The summed E-state index contributed by atoms with van der Waals surface area (Å²) < 4.78 is 42.2. The Balaban J connectivity index is 4.51. The number of carbonyl (C=O) groups is 2. The molecule has 0 aromatic carbocycles. The third-order valence-electron chi connectivity index (χ3n) is 1.73. The predicted molar refractivity (Wildman–Crippen MR) is 56.1 cm³/mol. The highest BCUT2D eigenvalue weighted by Crippen LogP contribution is 2.24. The van der Waals surface area contributed by atoms with Crippen LogP contribution in [0.25, 0.3) is 0 Å². The predicted octanol–water partition coefficient (Wildman–Crippen LogP) is 2.31. The summed E-state index contributed by atoms with van der Waals surface area (Å²) in [4.78, 5) is 21.4. The van der Waals surface area contributed by atoms with E-state index in [0.29, 0.717) is 0 Å². The van der Waals surface area contributed by atoms with Gasteiger partial charge in [0.15, 0.2) is 0 Å². The average Bonchev–Trinajstić information content (AvgIpc) is 2.06. The Kier molecular flexibility index (Phi) is 5.44. The fourth-order valence-corrected chi connectivity index (χ4v) is 1.04. The van der Waals surface area contributed by atoms with Gasteiger partial charge in [-0.15, -0.1) is 0 Å². The maximum atomic E-state index is 12.5. The maximum absolute atomic E-state index is 12.5. The Morgan fingerprint density at radius 1 is 1.28 bits per heavy atom. The highest BCUT2D eigenvalue weighted by Gasteiger charge is 2.41. The number of alkyl carbamates (subject to hydrolysis) is 1. The second-order valence-electron chi connectivity index (χ2n) is 4.67. The van der Waals surface area contributed by atoms with Gasteiger partial charge < -0.3 is 15.2 Å². The van der Waals surface area contributed by atoms with Crippen LogP contribution in [0, 0.1) is 0 Å². The first-order valence-electron chi connectivity index (χ1n) is 5.20. The molecule has 5 nitrogen and oxygen atoms in total. The molecule has 0 aliphatic heterocycles. The summed E-state index contributed by atoms with van der Waals surface area (Å²) in [7, 11) is 0. The van der Waals surface area contributed by atoms with Gasteiger partial charge in [0.25, 0.3) is 0 Å². The van der Waals surface area contributed by atoms with Crippen molar-refractivity contribution in [2.75, 3.05) is 0 Å². The molecule has 0 spiro atoms. The van der Waals surface area contributed by atoms with Gasteiger partial charge in [-0.1, -0.05) is 0 Å². The van der Waals surface area contributed by atoms with E-state index in [1.165, 1.54) is 20.8 Å². The van der Waals surface area contributed by atoms with Crippen LogP contribution in [0.15, 0.2) is 0 Å². The van der Waals surface area contributed by atoms with Crippen LogP contribution < -0.4 is 5.32 Å². The number of alkyl halides is 3. The molecule has 0 fully saturated rings. The normalized spacial score (nSPS) is 13.9. The molecule has 0 aromatic heterocycles. The van der Waals surface area contributed by atoms with Crippen LogP contribution in [0.4, 0.5) is 18.0 Å². The van der Waals surface area contributed by atoms with Crippen LogP contribution in [-0.4, -0.2) is 35.0 Å². The number of amides is 1. The van der Waals surface area contributed by atoms with Crippen molar-refractivity contribution in [3.05, 3.63) is 0 Å². The first-order valence-corrected chi connectivity index (χ1v) is 5.20. The molecule has 1 atom stereocenters. The molecule has 0 rings (SSSR count). The SMILES string of the molecule is CC(C)(C)OC(=O)N[C@@H](CCC(=O)O)C(F)(F)F. The minimum Gasteiger partial charge on any atom is -0.481 e. The third-order valence-corrected chi connectivity index (χ3v) is 1.73. The van der Waals surface area contributed by atoms with E-state index >= 15 is 0 Å². The van der Waals surface area contributed by atoms with E-state index < -0.39 is 42.7 Å². The standard InChI is InChI=1S/C10H16F3NO4/c1-9(2,3)18-8(17)14-6(10(11,12)13)4-5-7(15)16/h6H,4-5H2,1-3H3,(H,14,17)(H,15,16)/t6-/m0/s1. The number of hydrogen-bond donors (Lipinski definition) is 2. The lowest BCUT2D eigenvalue weighted by Crippen LogP contribution is -2.47. The number of halogens is 3. The van der Waals surface area contributed by atoms with Gasteiger partial charge >= 0.3 is 18.2 Å². The summed E-state index contributed by atoms with van der Waals surface area (Å²) in [6, 6.07) is -2.23. The van der Waals surface area contributed by atoms with Crippen molar-refractivity contribution in [1.29, 1.82) is 0 Å². The molecular formula is C10H16F3NO4. The molecule has 0 saturated heterocycles. The van der Waals surface area contributed by atoms with Crippen LogP contribution in [0.5, 0.6) is 0 Å². The number of ether oxygens (including phenoxy) is 1. The highest BCUT2D eigenvalue weighted by molar-refractivity contribution is 5.69. The fourth-order valence-electron chi connectivity index (χ4n) is 1.04. The Labute approximate surface area is 102 Å². The topological polar surface area (TPSA) is 75.6 Å². The monoisotopic (exact) mass is 271 g/mol. The van der Waals surface area contributed by atoms with Gasteiger partial charge in [-0.05, 0) is 27.2 Å². The lowest BCUT2D eigenvalue weighted by molar-refractivity contribution is -0.158. The van der Waals surface area contributed by atoms with Crippen molar-refractivity contribution in [1.82, 2.24) is 5.32 Å². The first kappa shape index (κ1) is 16.5. The number of carbonyl (C=O) groups excluding carboxylic acids is 1. The molecule has 2 N–H and O–H groups in total. The third kappa shape index (κ3) is 7.75. The van der Waals surface area contributed by atoms with Gasteiger partial charge in [0, 0.05) is 6.42 Å². The van der Waals surface area contributed by atoms with E-state index in [-0.39, 0.29) is 0 Å². The molecule has 18 heavy (non-hydrogen) atoms. The van der Waals surface area contributed by atoms with Crippen LogP contribution >= 0.6 is 0 Å². The van der Waals surface area contributed by atoms with Gasteiger partial charge in [-0.3, -0.25) is 4.79 Å². The van der Waals surface area contributed by atoms with Gasteiger partial charge in [0.2, 0.25) is 0 Å². The van der Waals surface area contributed by atoms with E-state index in [1.807, 2.05) is 0 Å². The van der Waals surface area contributed by atoms with E-state index in [2.05, 4.69) is 4.74 Å². The van der Waals surface area contributed by atoms with E-state index in [1.54, 1.807) is 5.32 Å². The largest absolute Gasteiger partial charge is 0.481 e. The summed E-state index contributed by atoms with van der Waals surface area (Å²) in [6.07, 6.45) is -7.38. The van der Waals surface area contributed by atoms with Crippen LogP contribution in [0.3, 0.4) is 0 Å². The zero-order valence-corrected chi connectivity index (χ0v) is 10.3. The minimum atomic E-state index is -4.72. The van der Waals surface area contributed by atoms with Crippen LogP contribution in [-0.2, 0) is 9.53 Å². The Bertz CT molecular complexity index is 309. The van der Waals surface area contributed by atoms with Gasteiger partial charge in [0.1, 0.15) is 11.6 Å². The molecule has 0 unspecified atom stereocenters. The summed E-state index contributed by atoms with van der Waals surface area (Å²) in [5, 5.41) is 9.96. The van der Waals surface area contributed by atoms with Crippen molar-refractivity contribution in [3.63, 3.8) is 0 Å². The Hall–Kier alpha value is -1.47. The van der Waals surface area contributed by atoms with E-state index in [0.717, 1.165) is 0 Å². The summed E-state index contributed by atoms with van der Waals surface area (Å²) >= 11 is 0. The summed E-state index contributed by atoms with van der Waals surface area (Å²) in [5.74, 6) is -1.37. The van der Waals surface area contributed by atoms with Crippen LogP contribution in [0.1, 0.15) is 33.6 Å². The maximum Gasteiger partial charge on any atom is 0.408 e. The first-order chi connectivity index (χ1) is 7.92. The van der Waals surface area contributed by atoms with E-state index in [9.17, 15) is 22.8 Å². The number of nitrogens with one attached hydrogen (secondary N) is 1. The molecule has 8 heteroatoms. The number of aliphatic carboxylic acids is 1. The smallest absolute Gasteiger partial charge is 0.408 e. The lowest BCUT2D eigenvalue weighted by atomic mass is 10.1. The lowest BCUT2D eigenvalue weighted by Gasteiger charge is -2.24. The zero-order chi connectivity index (χ0) is 14.6. The van der Waals surface area contributed by atoms with Crippen LogP contribution in [0.2, 0.25) is 0 Å². The number of rotatable bonds is 4. The quantitative estimate of drug-likeness (QED) is 0.822. The highest BCUT2D eigenvalue weighted by atomic mass is 19.4. The van der Waals surface area contributed by atoms with E-state index in [4.69, 9.17) is 5.11 Å². The zero-order valence-electron chi connectivity index (χ0n) is 10.3. The molecule has 1 amide bonds. The summed E-state index contributed by atoms with van der Waals surface area (Å²) in [6.45, 7) is 4.52. The molecule has 106 valence electrons. The molecule has 0 aliphatic rings. The molecular weight excluding hydrogens is 255 g/mol. The Morgan fingerprint density at radius 2 is 1.78 bits per heavy atom. The van der Waals surface area contributed by atoms with Gasteiger partial charge in [0.05, 0.1) is 0 Å². The number of carboxylic acids is 1. The molecule has 0 bridgehead atoms.